The predicted octanol–water partition coefficient (Wildman–Crippen LogP) is 3.72. The summed E-state index contributed by atoms with van der Waals surface area (Å²) in [4.78, 5) is 21.9. The lowest BCUT2D eigenvalue weighted by Crippen LogP contribution is -2.51. The number of aromatic nitrogens is 3. The molecule has 3 heterocycles. The SMILES string of the molecule is CCOc1cc(N2CCN(C(=O)NCc3ccc(Cl)s3)CC2)ccc1-n1cnc(C)n1. The van der Waals surface area contributed by atoms with Crippen LogP contribution in [0.2, 0.25) is 4.34 Å². The van der Waals surface area contributed by atoms with Gasteiger partial charge in [-0.1, -0.05) is 11.6 Å². The summed E-state index contributed by atoms with van der Waals surface area (Å²) in [5, 5.41) is 7.36. The molecule has 10 heteroatoms. The van der Waals surface area contributed by atoms with E-state index in [1.165, 1.54) is 11.3 Å². The second kappa shape index (κ2) is 9.57. The number of urea groups is 1. The number of benzene rings is 1. The molecular formula is C21H25ClN6O2S. The number of nitrogens with zero attached hydrogens (tertiary/aromatic N) is 5. The van der Waals surface area contributed by atoms with Gasteiger partial charge in [-0.25, -0.2) is 14.5 Å². The molecule has 2 aromatic heterocycles. The number of piperazine rings is 1. The van der Waals surface area contributed by atoms with Gasteiger partial charge in [0.2, 0.25) is 0 Å². The summed E-state index contributed by atoms with van der Waals surface area (Å²) in [5.74, 6) is 1.47. The predicted molar refractivity (Wildman–Crippen MR) is 123 cm³/mol. The Kier molecular flexibility index (Phi) is 6.62. The van der Waals surface area contributed by atoms with Gasteiger partial charge in [-0.15, -0.1) is 11.3 Å². The molecule has 0 radical (unpaired) electrons. The minimum Gasteiger partial charge on any atom is -0.492 e. The molecule has 1 aliphatic rings. The second-order valence-corrected chi connectivity index (χ2v) is 8.96. The Morgan fingerprint density at radius 1 is 1.23 bits per heavy atom. The lowest BCUT2D eigenvalue weighted by atomic mass is 10.2. The van der Waals surface area contributed by atoms with Crippen LogP contribution in [0.3, 0.4) is 0 Å². The zero-order valence-corrected chi connectivity index (χ0v) is 19.1. The van der Waals surface area contributed by atoms with E-state index in [1.807, 2.05) is 43.0 Å². The third kappa shape index (κ3) is 5.11. The molecule has 3 aromatic rings. The van der Waals surface area contributed by atoms with Crippen molar-refractivity contribution in [3.8, 4) is 11.4 Å². The van der Waals surface area contributed by atoms with Crippen LogP contribution in [-0.2, 0) is 6.54 Å². The molecule has 0 aliphatic carbocycles. The van der Waals surface area contributed by atoms with Crippen molar-refractivity contribution in [2.75, 3.05) is 37.7 Å². The van der Waals surface area contributed by atoms with E-state index >= 15 is 0 Å². The fraction of sp³-hybridized carbons (Fsp3) is 0.381. The molecule has 0 bridgehead atoms. The van der Waals surface area contributed by atoms with E-state index in [1.54, 1.807) is 11.0 Å². The first-order valence-corrected chi connectivity index (χ1v) is 11.4. The van der Waals surface area contributed by atoms with Crippen LogP contribution in [0.25, 0.3) is 5.69 Å². The normalized spacial score (nSPS) is 14.0. The Morgan fingerprint density at radius 3 is 2.68 bits per heavy atom. The number of anilines is 1. The zero-order chi connectivity index (χ0) is 21.8. The van der Waals surface area contributed by atoms with E-state index in [0.29, 0.717) is 32.1 Å². The molecule has 1 N–H and O–H groups in total. The minimum absolute atomic E-state index is 0.0453. The molecule has 4 rings (SSSR count). The Labute approximate surface area is 190 Å². The fourth-order valence-electron chi connectivity index (χ4n) is 3.51. The van der Waals surface area contributed by atoms with Gasteiger partial charge < -0.3 is 19.9 Å². The summed E-state index contributed by atoms with van der Waals surface area (Å²) >= 11 is 7.43. The third-order valence-electron chi connectivity index (χ3n) is 5.07. The van der Waals surface area contributed by atoms with Crippen molar-refractivity contribution >= 4 is 34.7 Å². The fourth-order valence-corrected chi connectivity index (χ4v) is 4.54. The number of carbonyl (C=O) groups excluding carboxylic acids is 1. The summed E-state index contributed by atoms with van der Waals surface area (Å²) in [5.41, 5.74) is 1.93. The van der Waals surface area contributed by atoms with Gasteiger partial charge in [0.25, 0.3) is 0 Å². The first kappa shape index (κ1) is 21.5. The Hall–Kier alpha value is -2.78. The quantitative estimate of drug-likeness (QED) is 0.606. The molecule has 1 saturated heterocycles. The second-order valence-electron chi connectivity index (χ2n) is 7.16. The molecule has 0 atom stereocenters. The molecule has 0 saturated carbocycles. The summed E-state index contributed by atoms with van der Waals surface area (Å²) in [6.45, 7) is 7.71. The van der Waals surface area contributed by atoms with Crippen molar-refractivity contribution in [1.29, 1.82) is 0 Å². The maximum atomic E-state index is 12.5. The minimum atomic E-state index is -0.0453. The van der Waals surface area contributed by atoms with Crippen molar-refractivity contribution in [1.82, 2.24) is 25.0 Å². The van der Waals surface area contributed by atoms with Crippen molar-refractivity contribution in [3.05, 3.63) is 51.7 Å². The van der Waals surface area contributed by atoms with Crippen LogP contribution in [0.5, 0.6) is 5.75 Å². The van der Waals surface area contributed by atoms with Gasteiger partial charge in [0.1, 0.15) is 23.6 Å². The van der Waals surface area contributed by atoms with Crippen LogP contribution in [0.15, 0.2) is 36.7 Å². The van der Waals surface area contributed by atoms with Crippen molar-refractivity contribution in [3.63, 3.8) is 0 Å². The highest BCUT2D eigenvalue weighted by atomic mass is 35.5. The van der Waals surface area contributed by atoms with Gasteiger partial charge in [-0.2, -0.15) is 5.10 Å². The van der Waals surface area contributed by atoms with Crippen molar-refractivity contribution in [2.45, 2.75) is 20.4 Å². The van der Waals surface area contributed by atoms with Gasteiger partial charge in [-0.3, -0.25) is 0 Å². The summed E-state index contributed by atoms with van der Waals surface area (Å²) < 4.78 is 8.33. The number of aryl methyl sites for hydroxylation is 1. The maximum absolute atomic E-state index is 12.5. The average molecular weight is 461 g/mol. The molecule has 1 fully saturated rings. The van der Waals surface area contributed by atoms with Gasteiger partial charge in [0.05, 0.1) is 17.5 Å². The summed E-state index contributed by atoms with van der Waals surface area (Å²) in [6, 6.07) is 9.83. The number of hydrogen-bond donors (Lipinski definition) is 1. The number of ether oxygens (including phenoxy) is 1. The Morgan fingerprint density at radius 2 is 2.03 bits per heavy atom. The maximum Gasteiger partial charge on any atom is 0.317 e. The van der Waals surface area contributed by atoms with Gasteiger partial charge >= 0.3 is 6.03 Å². The Balaban J connectivity index is 1.37. The lowest BCUT2D eigenvalue weighted by Gasteiger charge is -2.36. The lowest BCUT2D eigenvalue weighted by molar-refractivity contribution is 0.194. The van der Waals surface area contributed by atoms with Crippen molar-refractivity contribution < 1.29 is 9.53 Å². The Bertz CT molecular complexity index is 1040. The highest BCUT2D eigenvalue weighted by Crippen LogP contribution is 2.29. The van der Waals surface area contributed by atoms with Gasteiger partial charge in [0, 0.05) is 42.8 Å². The van der Waals surface area contributed by atoms with E-state index in [4.69, 9.17) is 16.3 Å². The number of rotatable bonds is 6. The van der Waals surface area contributed by atoms with E-state index < -0.39 is 0 Å². The highest BCUT2D eigenvalue weighted by molar-refractivity contribution is 7.16. The largest absolute Gasteiger partial charge is 0.492 e. The molecule has 0 spiro atoms. The van der Waals surface area contributed by atoms with Gasteiger partial charge in [-0.05, 0) is 38.1 Å². The molecule has 1 aromatic carbocycles. The van der Waals surface area contributed by atoms with E-state index in [0.717, 1.165) is 39.4 Å². The zero-order valence-electron chi connectivity index (χ0n) is 17.5. The average Bonchev–Trinajstić information content (AvgIpc) is 3.40. The van der Waals surface area contributed by atoms with Crippen LogP contribution in [0.4, 0.5) is 10.5 Å². The number of nitrogens with one attached hydrogen (secondary N) is 1. The topological polar surface area (TPSA) is 75.5 Å². The van der Waals surface area contributed by atoms with Crippen LogP contribution >= 0.6 is 22.9 Å². The molecule has 31 heavy (non-hydrogen) atoms. The van der Waals surface area contributed by atoms with Crippen LogP contribution in [0, 0.1) is 6.92 Å². The summed E-state index contributed by atoms with van der Waals surface area (Å²) in [7, 11) is 0. The van der Waals surface area contributed by atoms with E-state index in [-0.39, 0.29) is 6.03 Å². The third-order valence-corrected chi connectivity index (χ3v) is 6.30. The first-order chi connectivity index (χ1) is 15.0. The van der Waals surface area contributed by atoms with E-state index in [2.05, 4.69) is 26.4 Å². The number of hydrogen-bond acceptors (Lipinski definition) is 6. The van der Waals surface area contributed by atoms with Gasteiger partial charge in [0.15, 0.2) is 0 Å². The molecular weight excluding hydrogens is 436 g/mol. The molecule has 0 unspecified atom stereocenters. The molecule has 164 valence electrons. The van der Waals surface area contributed by atoms with Crippen LogP contribution < -0.4 is 15.0 Å². The monoisotopic (exact) mass is 460 g/mol. The highest BCUT2D eigenvalue weighted by Gasteiger charge is 2.22. The smallest absolute Gasteiger partial charge is 0.317 e. The molecule has 2 amide bonds. The van der Waals surface area contributed by atoms with E-state index in [9.17, 15) is 4.79 Å². The number of thiophene rings is 1. The molecule has 1 aliphatic heterocycles. The van der Waals surface area contributed by atoms with Crippen molar-refractivity contribution in [2.24, 2.45) is 0 Å². The molecule has 8 nitrogen and oxygen atoms in total. The number of halogens is 1. The van der Waals surface area contributed by atoms with Crippen LogP contribution in [0.1, 0.15) is 17.6 Å². The first-order valence-electron chi connectivity index (χ1n) is 10.2. The number of carbonyl (C=O) groups is 1. The standard InChI is InChI=1S/C21H25ClN6O2S/c1-3-30-19-12-16(4-6-18(19)28-14-24-15(2)25-28)26-8-10-27(11-9-26)21(29)23-13-17-5-7-20(22)31-17/h4-7,12,14H,3,8-11,13H2,1-2H3,(H,23,29). The number of amides is 2. The van der Waals surface area contributed by atoms with Crippen LogP contribution in [-0.4, -0.2) is 58.5 Å². The summed E-state index contributed by atoms with van der Waals surface area (Å²) in [6.07, 6.45) is 1.69.